The molecule has 0 aromatic heterocycles. The van der Waals surface area contributed by atoms with Crippen molar-refractivity contribution < 1.29 is 47.5 Å². The quantitative estimate of drug-likeness (QED) is 0.0669. The SMILES string of the molecule is C=C(CO)C(=O)O/C=C\Oc1ccc(-c2ccc(-c3ccc(O/C=C\OC(=O)C(=C)CO)cc3CC)cc2CCCC=C(F)F)cc1. The molecular weight excluding hydrogens is 610 g/mol. The summed E-state index contributed by atoms with van der Waals surface area (Å²) >= 11 is 0. The Balaban J connectivity index is 1.82. The van der Waals surface area contributed by atoms with Crippen molar-refractivity contribution in [3.63, 3.8) is 0 Å². The Labute approximate surface area is 272 Å². The number of hydrogen-bond donors (Lipinski definition) is 2. The van der Waals surface area contributed by atoms with Crippen molar-refractivity contribution in [3.8, 4) is 33.8 Å². The number of unbranched alkanes of at least 4 members (excludes halogenated alkanes) is 1. The van der Waals surface area contributed by atoms with Gasteiger partial charge in [0.15, 0.2) is 0 Å². The van der Waals surface area contributed by atoms with E-state index in [1.165, 1.54) is 12.5 Å². The van der Waals surface area contributed by atoms with Crippen LogP contribution in [0.5, 0.6) is 11.5 Å². The summed E-state index contributed by atoms with van der Waals surface area (Å²) < 4.78 is 46.1. The molecule has 0 unspecified atom stereocenters. The first-order valence-corrected chi connectivity index (χ1v) is 14.7. The number of aliphatic hydroxyl groups excluding tert-OH is 2. The maximum Gasteiger partial charge on any atom is 0.340 e. The lowest BCUT2D eigenvalue weighted by Crippen LogP contribution is -2.06. The predicted molar refractivity (Wildman–Crippen MR) is 174 cm³/mol. The molecule has 47 heavy (non-hydrogen) atoms. The third kappa shape index (κ3) is 11.2. The molecule has 0 aliphatic carbocycles. The molecular formula is C37H36F2O8. The Morgan fingerprint density at radius 1 is 0.723 bits per heavy atom. The highest BCUT2D eigenvalue weighted by Crippen LogP contribution is 2.34. The summed E-state index contributed by atoms with van der Waals surface area (Å²) in [6.07, 6.45) is 5.79. The summed E-state index contributed by atoms with van der Waals surface area (Å²) in [5.41, 5.74) is 5.60. The van der Waals surface area contributed by atoms with Gasteiger partial charge in [-0.15, -0.1) is 0 Å². The molecule has 0 atom stereocenters. The molecule has 0 spiro atoms. The Morgan fingerprint density at radius 2 is 1.26 bits per heavy atom. The van der Waals surface area contributed by atoms with Crippen molar-refractivity contribution in [1.29, 1.82) is 0 Å². The normalized spacial score (nSPS) is 10.9. The van der Waals surface area contributed by atoms with Crippen LogP contribution in [0.2, 0.25) is 0 Å². The maximum absolute atomic E-state index is 12.7. The minimum Gasteiger partial charge on any atom is -0.462 e. The van der Waals surface area contributed by atoms with Gasteiger partial charge in [-0.05, 0) is 89.4 Å². The summed E-state index contributed by atoms with van der Waals surface area (Å²) in [7, 11) is 0. The number of carbonyl (C=O) groups excluding carboxylic acids is 2. The average molecular weight is 647 g/mol. The standard InChI is InChI=1S/C37H36F2O8/c1-4-27-22-32(45-18-20-47-37(43)26(3)24-41)14-16-33(27)30-11-15-34(29(21-30)7-5-6-8-35(38)39)28-9-12-31(13-10-28)44-17-19-46-36(42)25(2)23-40/h8-22,40-41H,2-7,23-24H2,1H3/b19-17-,20-18-. The smallest absolute Gasteiger partial charge is 0.340 e. The first-order valence-electron chi connectivity index (χ1n) is 14.7. The van der Waals surface area contributed by atoms with Crippen molar-refractivity contribution in [2.75, 3.05) is 13.2 Å². The first-order chi connectivity index (χ1) is 22.7. The van der Waals surface area contributed by atoms with Gasteiger partial charge in [-0.25, -0.2) is 9.59 Å². The van der Waals surface area contributed by atoms with Crippen LogP contribution in [0.3, 0.4) is 0 Å². The number of aryl methyl sites for hydroxylation is 2. The van der Waals surface area contributed by atoms with Crippen LogP contribution in [0.1, 0.15) is 30.9 Å². The van der Waals surface area contributed by atoms with E-state index in [0.717, 1.165) is 52.0 Å². The number of allylic oxidation sites excluding steroid dienone is 1. The number of esters is 2. The summed E-state index contributed by atoms with van der Waals surface area (Å²) in [5, 5.41) is 17.9. The van der Waals surface area contributed by atoms with Crippen molar-refractivity contribution in [3.05, 3.63) is 133 Å². The van der Waals surface area contributed by atoms with Crippen LogP contribution in [-0.2, 0) is 31.9 Å². The molecule has 0 saturated carbocycles. The molecule has 2 N–H and O–H groups in total. The second-order valence-corrected chi connectivity index (χ2v) is 10.1. The van der Waals surface area contributed by atoms with Crippen molar-refractivity contribution in [1.82, 2.24) is 0 Å². The number of halogens is 2. The molecule has 0 aliphatic rings. The zero-order chi connectivity index (χ0) is 34.2. The van der Waals surface area contributed by atoms with Gasteiger partial charge in [-0.3, -0.25) is 0 Å². The van der Waals surface area contributed by atoms with Gasteiger partial charge < -0.3 is 29.2 Å². The van der Waals surface area contributed by atoms with Crippen molar-refractivity contribution in [2.45, 2.75) is 32.6 Å². The van der Waals surface area contributed by atoms with E-state index in [4.69, 9.17) is 29.2 Å². The topological polar surface area (TPSA) is 112 Å². The van der Waals surface area contributed by atoms with Gasteiger partial charge in [0.05, 0.1) is 24.4 Å². The maximum atomic E-state index is 12.7. The zero-order valence-electron chi connectivity index (χ0n) is 25.9. The fourth-order valence-corrected chi connectivity index (χ4v) is 4.37. The van der Waals surface area contributed by atoms with Gasteiger partial charge in [-0.1, -0.05) is 56.5 Å². The van der Waals surface area contributed by atoms with E-state index < -0.39 is 31.2 Å². The Hall–Kier alpha value is -5.32. The van der Waals surface area contributed by atoms with Crippen molar-refractivity contribution >= 4 is 11.9 Å². The molecule has 0 aliphatic heterocycles. The lowest BCUT2D eigenvalue weighted by atomic mass is 9.90. The minimum atomic E-state index is -1.70. The van der Waals surface area contributed by atoms with Gasteiger partial charge in [0.2, 0.25) is 0 Å². The lowest BCUT2D eigenvalue weighted by molar-refractivity contribution is -0.135. The highest BCUT2D eigenvalue weighted by molar-refractivity contribution is 5.88. The number of benzene rings is 3. The number of aliphatic hydroxyl groups is 2. The Bertz CT molecular complexity index is 1650. The average Bonchev–Trinajstić information content (AvgIpc) is 3.09. The van der Waals surface area contributed by atoms with E-state index in [1.54, 1.807) is 18.2 Å². The molecule has 0 radical (unpaired) electrons. The minimum absolute atomic E-state index is 0.0770. The van der Waals surface area contributed by atoms with Gasteiger partial charge in [0, 0.05) is 0 Å². The van der Waals surface area contributed by atoms with Crippen LogP contribution in [0.15, 0.2) is 122 Å². The lowest BCUT2D eigenvalue weighted by Gasteiger charge is -2.15. The number of rotatable bonds is 17. The van der Waals surface area contributed by atoms with Crippen molar-refractivity contribution in [2.24, 2.45) is 0 Å². The molecule has 3 rings (SSSR count). The van der Waals surface area contributed by atoms with Gasteiger partial charge in [-0.2, -0.15) is 8.78 Å². The molecule has 0 amide bonds. The first kappa shape index (κ1) is 36.2. The van der Waals surface area contributed by atoms with E-state index in [-0.39, 0.29) is 17.6 Å². The molecule has 10 heteroatoms. The van der Waals surface area contributed by atoms with Crippen LogP contribution >= 0.6 is 0 Å². The molecule has 246 valence electrons. The molecule has 3 aromatic carbocycles. The largest absolute Gasteiger partial charge is 0.462 e. The number of carbonyl (C=O) groups is 2. The van der Waals surface area contributed by atoms with Crippen LogP contribution < -0.4 is 9.47 Å². The van der Waals surface area contributed by atoms with Crippen LogP contribution in [0, 0.1) is 0 Å². The molecule has 0 bridgehead atoms. The predicted octanol–water partition coefficient (Wildman–Crippen LogP) is 7.57. The third-order valence-electron chi connectivity index (χ3n) is 6.82. The second-order valence-electron chi connectivity index (χ2n) is 10.1. The second kappa shape index (κ2) is 18.6. The number of hydrogen-bond acceptors (Lipinski definition) is 8. The summed E-state index contributed by atoms with van der Waals surface area (Å²) in [6, 6.07) is 18.9. The zero-order valence-corrected chi connectivity index (χ0v) is 25.9. The van der Waals surface area contributed by atoms with Gasteiger partial charge >= 0.3 is 11.9 Å². The third-order valence-corrected chi connectivity index (χ3v) is 6.82. The van der Waals surface area contributed by atoms with E-state index in [9.17, 15) is 18.4 Å². The molecule has 0 saturated heterocycles. The van der Waals surface area contributed by atoms with Gasteiger partial charge in [0.25, 0.3) is 6.08 Å². The summed E-state index contributed by atoms with van der Waals surface area (Å²) in [6.45, 7) is 7.78. The van der Waals surface area contributed by atoms with E-state index in [1.807, 2.05) is 43.3 Å². The summed E-state index contributed by atoms with van der Waals surface area (Å²) in [4.78, 5) is 23.1. The highest BCUT2D eigenvalue weighted by Gasteiger charge is 2.12. The van der Waals surface area contributed by atoms with Gasteiger partial charge in [0.1, 0.15) is 36.5 Å². The fourth-order valence-electron chi connectivity index (χ4n) is 4.37. The number of ether oxygens (including phenoxy) is 4. The molecule has 8 nitrogen and oxygen atoms in total. The van der Waals surface area contributed by atoms with E-state index >= 15 is 0 Å². The van der Waals surface area contributed by atoms with Crippen LogP contribution in [-0.4, -0.2) is 35.4 Å². The Kier molecular flexibility index (Phi) is 14.3. The fraction of sp³-hybridized carbons (Fsp3) is 0.189. The van der Waals surface area contributed by atoms with Crippen LogP contribution in [0.4, 0.5) is 8.78 Å². The molecule has 0 fully saturated rings. The van der Waals surface area contributed by atoms with E-state index in [0.29, 0.717) is 30.8 Å². The molecule has 0 heterocycles. The Morgan fingerprint density at radius 3 is 1.83 bits per heavy atom. The van der Waals surface area contributed by atoms with E-state index in [2.05, 4.69) is 19.2 Å². The van der Waals surface area contributed by atoms with Crippen LogP contribution in [0.25, 0.3) is 22.3 Å². The monoisotopic (exact) mass is 646 g/mol. The molecule has 3 aromatic rings. The summed E-state index contributed by atoms with van der Waals surface area (Å²) in [5.74, 6) is -0.507. The highest BCUT2D eigenvalue weighted by atomic mass is 19.3.